The van der Waals surface area contributed by atoms with E-state index >= 15 is 0 Å². The summed E-state index contributed by atoms with van der Waals surface area (Å²) < 4.78 is 42.5. The first-order valence-corrected chi connectivity index (χ1v) is 5.92. The monoisotopic (exact) mass is 260 g/mol. The minimum atomic E-state index is -4.37. The van der Waals surface area contributed by atoms with Gasteiger partial charge in [0, 0.05) is 18.3 Å². The molecule has 0 saturated heterocycles. The van der Waals surface area contributed by atoms with Crippen molar-refractivity contribution in [2.45, 2.75) is 44.0 Å². The molecule has 0 spiro atoms. The summed E-state index contributed by atoms with van der Waals surface area (Å²) >= 11 is 0. The molecule has 2 unspecified atom stereocenters. The molecule has 1 fully saturated rings. The minimum Gasteiger partial charge on any atom is -0.473 e. The van der Waals surface area contributed by atoms with E-state index in [1.165, 1.54) is 6.07 Å². The molecule has 6 heteroatoms. The molecule has 1 aliphatic carbocycles. The van der Waals surface area contributed by atoms with Crippen LogP contribution in [0.4, 0.5) is 13.2 Å². The van der Waals surface area contributed by atoms with Crippen LogP contribution in [0.3, 0.4) is 0 Å². The van der Waals surface area contributed by atoms with Crippen molar-refractivity contribution in [2.75, 3.05) is 0 Å². The van der Waals surface area contributed by atoms with Gasteiger partial charge in [0.1, 0.15) is 6.10 Å². The highest BCUT2D eigenvalue weighted by molar-refractivity contribution is 5.20. The molecular weight excluding hydrogens is 245 g/mol. The van der Waals surface area contributed by atoms with Gasteiger partial charge in [-0.25, -0.2) is 4.98 Å². The van der Waals surface area contributed by atoms with Crippen LogP contribution in [0, 0.1) is 0 Å². The maximum atomic E-state index is 12.3. The fourth-order valence-corrected chi connectivity index (χ4v) is 2.04. The van der Waals surface area contributed by atoms with Gasteiger partial charge in [0.25, 0.3) is 0 Å². The van der Waals surface area contributed by atoms with E-state index in [0.29, 0.717) is 0 Å². The first kappa shape index (κ1) is 13.1. The van der Waals surface area contributed by atoms with Crippen molar-refractivity contribution >= 4 is 0 Å². The van der Waals surface area contributed by atoms with E-state index in [-0.39, 0.29) is 18.0 Å². The van der Waals surface area contributed by atoms with Crippen LogP contribution in [0.5, 0.6) is 5.88 Å². The lowest BCUT2D eigenvalue weighted by Crippen LogP contribution is -2.41. The number of nitrogens with zero attached hydrogens (tertiary/aromatic N) is 1. The molecule has 0 bridgehead atoms. The van der Waals surface area contributed by atoms with Crippen molar-refractivity contribution in [3.8, 4) is 5.88 Å². The van der Waals surface area contributed by atoms with Crippen molar-refractivity contribution in [2.24, 2.45) is 5.73 Å². The second kappa shape index (κ2) is 5.14. The highest BCUT2D eigenvalue weighted by Crippen LogP contribution is 2.29. The van der Waals surface area contributed by atoms with Crippen LogP contribution < -0.4 is 10.5 Å². The van der Waals surface area contributed by atoms with Gasteiger partial charge in [0.05, 0.1) is 5.56 Å². The van der Waals surface area contributed by atoms with Crippen LogP contribution in [-0.2, 0) is 6.18 Å². The third-order valence-electron chi connectivity index (χ3n) is 3.09. The highest BCUT2D eigenvalue weighted by Gasteiger charge is 2.31. The molecule has 1 aliphatic rings. The zero-order chi connectivity index (χ0) is 13.2. The molecular formula is C12H15F3N2O. The Balaban J connectivity index is 2.02. The molecule has 1 aromatic heterocycles. The second-order valence-corrected chi connectivity index (χ2v) is 4.49. The Morgan fingerprint density at radius 3 is 2.50 bits per heavy atom. The highest BCUT2D eigenvalue weighted by atomic mass is 19.4. The van der Waals surface area contributed by atoms with Gasteiger partial charge in [-0.05, 0) is 25.3 Å². The normalized spacial score (nSPS) is 24.9. The minimum absolute atomic E-state index is 0.0668. The molecule has 1 heterocycles. The summed E-state index contributed by atoms with van der Waals surface area (Å²) in [5.74, 6) is 0.199. The van der Waals surface area contributed by atoms with E-state index in [1.807, 2.05) is 0 Å². The number of alkyl halides is 3. The Morgan fingerprint density at radius 2 is 1.94 bits per heavy atom. The second-order valence-electron chi connectivity index (χ2n) is 4.49. The van der Waals surface area contributed by atoms with E-state index in [9.17, 15) is 13.2 Å². The van der Waals surface area contributed by atoms with Gasteiger partial charge in [-0.2, -0.15) is 13.2 Å². The molecule has 1 aromatic rings. The molecule has 2 atom stereocenters. The summed E-state index contributed by atoms with van der Waals surface area (Å²) in [6.45, 7) is 0. The van der Waals surface area contributed by atoms with E-state index in [4.69, 9.17) is 10.5 Å². The van der Waals surface area contributed by atoms with Gasteiger partial charge in [-0.1, -0.05) is 6.42 Å². The molecule has 0 radical (unpaired) electrons. The largest absolute Gasteiger partial charge is 0.473 e. The molecule has 2 rings (SSSR count). The predicted molar refractivity (Wildman–Crippen MR) is 60.1 cm³/mol. The van der Waals surface area contributed by atoms with Crippen LogP contribution in [0.15, 0.2) is 18.3 Å². The zero-order valence-corrected chi connectivity index (χ0v) is 9.78. The average Bonchev–Trinajstić information content (AvgIpc) is 2.32. The fraction of sp³-hybridized carbons (Fsp3) is 0.583. The quantitative estimate of drug-likeness (QED) is 0.889. The third kappa shape index (κ3) is 3.13. The van der Waals surface area contributed by atoms with Gasteiger partial charge in [0.15, 0.2) is 0 Å². The SMILES string of the molecule is NC1CCCCC1Oc1ccc(C(F)(F)F)cn1. The van der Waals surface area contributed by atoms with Crippen LogP contribution in [0.2, 0.25) is 0 Å². The Hall–Kier alpha value is -1.30. The first-order valence-electron chi connectivity index (χ1n) is 5.92. The number of hydrogen-bond donors (Lipinski definition) is 1. The molecule has 0 aromatic carbocycles. The lowest BCUT2D eigenvalue weighted by Gasteiger charge is -2.28. The summed E-state index contributed by atoms with van der Waals surface area (Å²) in [5, 5.41) is 0. The van der Waals surface area contributed by atoms with Gasteiger partial charge >= 0.3 is 6.18 Å². The molecule has 18 heavy (non-hydrogen) atoms. The summed E-state index contributed by atoms with van der Waals surface area (Å²) in [6.07, 6.45) is 0.0644. The Labute approximate surface area is 103 Å². The van der Waals surface area contributed by atoms with Crippen molar-refractivity contribution in [3.05, 3.63) is 23.9 Å². The predicted octanol–water partition coefficient (Wildman–Crippen LogP) is 2.75. The Kier molecular flexibility index (Phi) is 3.75. The third-order valence-corrected chi connectivity index (χ3v) is 3.09. The number of nitrogens with two attached hydrogens (primary N) is 1. The van der Waals surface area contributed by atoms with E-state index in [0.717, 1.165) is 37.9 Å². The Bertz CT molecular complexity index is 391. The number of aromatic nitrogens is 1. The molecule has 100 valence electrons. The number of rotatable bonds is 2. The molecule has 2 N–H and O–H groups in total. The van der Waals surface area contributed by atoms with E-state index in [2.05, 4.69) is 4.98 Å². The van der Waals surface area contributed by atoms with Crippen LogP contribution in [-0.4, -0.2) is 17.1 Å². The van der Waals surface area contributed by atoms with E-state index < -0.39 is 11.7 Å². The summed E-state index contributed by atoms with van der Waals surface area (Å²) in [6, 6.07) is 2.14. The molecule has 1 saturated carbocycles. The molecule has 0 amide bonds. The topological polar surface area (TPSA) is 48.1 Å². The van der Waals surface area contributed by atoms with Gasteiger partial charge in [0.2, 0.25) is 5.88 Å². The smallest absolute Gasteiger partial charge is 0.417 e. The van der Waals surface area contributed by atoms with Crippen molar-refractivity contribution in [1.82, 2.24) is 4.98 Å². The first-order chi connectivity index (χ1) is 8.47. The number of pyridine rings is 1. The maximum absolute atomic E-state index is 12.3. The van der Waals surface area contributed by atoms with Crippen LogP contribution >= 0.6 is 0 Å². The molecule has 3 nitrogen and oxygen atoms in total. The van der Waals surface area contributed by atoms with Gasteiger partial charge in [-0.3, -0.25) is 0 Å². The Morgan fingerprint density at radius 1 is 1.22 bits per heavy atom. The van der Waals surface area contributed by atoms with Crippen molar-refractivity contribution in [1.29, 1.82) is 0 Å². The average molecular weight is 260 g/mol. The standard InChI is InChI=1S/C12H15F3N2O/c13-12(14,15)8-5-6-11(17-7-8)18-10-4-2-1-3-9(10)16/h5-7,9-10H,1-4,16H2. The maximum Gasteiger partial charge on any atom is 0.417 e. The summed E-state index contributed by atoms with van der Waals surface area (Å²) in [4.78, 5) is 3.68. The molecule has 0 aliphatic heterocycles. The van der Waals surface area contributed by atoms with Crippen LogP contribution in [0.1, 0.15) is 31.2 Å². The summed E-state index contributed by atoms with van der Waals surface area (Å²) in [7, 11) is 0. The summed E-state index contributed by atoms with van der Waals surface area (Å²) in [5.41, 5.74) is 5.12. The lowest BCUT2D eigenvalue weighted by molar-refractivity contribution is -0.137. The number of ether oxygens (including phenoxy) is 1. The number of halogens is 3. The van der Waals surface area contributed by atoms with Crippen molar-refractivity contribution in [3.63, 3.8) is 0 Å². The van der Waals surface area contributed by atoms with Gasteiger partial charge in [-0.15, -0.1) is 0 Å². The van der Waals surface area contributed by atoms with Gasteiger partial charge < -0.3 is 10.5 Å². The van der Waals surface area contributed by atoms with Crippen LogP contribution in [0.25, 0.3) is 0 Å². The lowest BCUT2D eigenvalue weighted by atomic mass is 9.93. The number of hydrogen-bond acceptors (Lipinski definition) is 3. The van der Waals surface area contributed by atoms with E-state index in [1.54, 1.807) is 0 Å². The zero-order valence-electron chi connectivity index (χ0n) is 9.78. The fourth-order valence-electron chi connectivity index (χ4n) is 2.04. The van der Waals surface area contributed by atoms with Crippen molar-refractivity contribution < 1.29 is 17.9 Å².